The molecule has 0 aromatic carbocycles. The maximum atomic E-state index is 5.32. The lowest BCUT2D eigenvalue weighted by atomic mass is 10.00. The molecule has 1 aromatic rings. The molecule has 0 atom stereocenters. The van der Waals surface area contributed by atoms with E-state index in [9.17, 15) is 0 Å². The molecule has 0 bridgehead atoms. The summed E-state index contributed by atoms with van der Waals surface area (Å²) < 4.78 is 5.32. The van der Waals surface area contributed by atoms with Gasteiger partial charge in [0.15, 0.2) is 5.13 Å². The molecule has 0 saturated carbocycles. The minimum atomic E-state index is 0.120. The Hall–Kier alpha value is -0.650. The number of nitrogens with zero attached hydrogens (tertiary/aromatic N) is 2. The second kappa shape index (κ2) is 7.07. The van der Waals surface area contributed by atoms with Crippen LogP contribution in [0.25, 0.3) is 0 Å². The van der Waals surface area contributed by atoms with E-state index in [2.05, 4.69) is 37.9 Å². The third-order valence-electron chi connectivity index (χ3n) is 3.88. The van der Waals surface area contributed by atoms with Crippen molar-refractivity contribution in [3.8, 4) is 0 Å². The van der Waals surface area contributed by atoms with Crippen molar-refractivity contribution in [2.24, 2.45) is 5.92 Å². The van der Waals surface area contributed by atoms with E-state index in [0.29, 0.717) is 6.61 Å². The van der Waals surface area contributed by atoms with Crippen molar-refractivity contribution in [3.63, 3.8) is 0 Å². The van der Waals surface area contributed by atoms with Gasteiger partial charge in [0.05, 0.1) is 12.3 Å². The lowest BCUT2D eigenvalue weighted by molar-refractivity contribution is 0.181. The van der Waals surface area contributed by atoms with Gasteiger partial charge < -0.3 is 15.0 Å². The lowest BCUT2D eigenvalue weighted by Gasteiger charge is -2.29. The summed E-state index contributed by atoms with van der Waals surface area (Å²) >= 11 is 1.82. The maximum absolute atomic E-state index is 5.32. The standard InChI is InChI=1S/C16H29N3OS/c1-12-6-8-19(9-7-12)15-18-13(11-20-5)14(21-15)10-17-16(2,3)4/h12,17H,6-11H2,1-5H3. The molecule has 4 nitrogen and oxygen atoms in total. The van der Waals surface area contributed by atoms with E-state index in [4.69, 9.17) is 9.72 Å². The summed E-state index contributed by atoms with van der Waals surface area (Å²) in [5, 5.41) is 4.72. The fourth-order valence-electron chi connectivity index (χ4n) is 2.44. The van der Waals surface area contributed by atoms with E-state index in [1.165, 1.54) is 22.9 Å². The van der Waals surface area contributed by atoms with Gasteiger partial charge in [-0.3, -0.25) is 0 Å². The number of methoxy groups -OCH3 is 1. The summed E-state index contributed by atoms with van der Waals surface area (Å²) in [4.78, 5) is 8.57. The van der Waals surface area contributed by atoms with Crippen molar-refractivity contribution in [2.75, 3.05) is 25.1 Å². The first kappa shape index (κ1) is 16.7. The maximum Gasteiger partial charge on any atom is 0.185 e. The normalized spacial score (nSPS) is 17.5. The van der Waals surface area contributed by atoms with Gasteiger partial charge in [-0.25, -0.2) is 4.98 Å². The van der Waals surface area contributed by atoms with Crippen molar-refractivity contribution in [2.45, 2.75) is 59.2 Å². The van der Waals surface area contributed by atoms with E-state index >= 15 is 0 Å². The molecular formula is C16H29N3OS. The molecule has 2 rings (SSSR count). The van der Waals surface area contributed by atoms with Gasteiger partial charge in [0.2, 0.25) is 0 Å². The van der Waals surface area contributed by atoms with E-state index in [-0.39, 0.29) is 5.54 Å². The Morgan fingerprint density at radius 1 is 1.33 bits per heavy atom. The van der Waals surface area contributed by atoms with Crippen LogP contribution in [-0.2, 0) is 17.9 Å². The highest BCUT2D eigenvalue weighted by molar-refractivity contribution is 7.15. The summed E-state index contributed by atoms with van der Waals surface area (Å²) in [5.74, 6) is 0.849. The van der Waals surface area contributed by atoms with Crippen LogP contribution in [-0.4, -0.2) is 30.7 Å². The lowest BCUT2D eigenvalue weighted by Crippen LogP contribution is -2.35. The number of hydrogen-bond donors (Lipinski definition) is 1. The smallest absolute Gasteiger partial charge is 0.185 e. The number of hydrogen-bond acceptors (Lipinski definition) is 5. The third kappa shape index (κ3) is 4.94. The van der Waals surface area contributed by atoms with E-state index in [0.717, 1.165) is 31.2 Å². The number of rotatable bonds is 5. The Bertz CT molecular complexity index is 445. The second-order valence-corrected chi connectivity index (χ2v) is 8.13. The molecule has 1 aliphatic rings. The molecule has 1 N–H and O–H groups in total. The summed E-state index contributed by atoms with van der Waals surface area (Å²) in [6, 6.07) is 0. The molecule has 0 aliphatic carbocycles. The first-order chi connectivity index (χ1) is 9.89. The zero-order valence-electron chi connectivity index (χ0n) is 14.0. The van der Waals surface area contributed by atoms with Crippen molar-refractivity contribution in [3.05, 3.63) is 10.6 Å². The van der Waals surface area contributed by atoms with Gasteiger partial charge in [0.25, 0.3) is 0 Å². The van der Waals surface area contributed by atoms with Crippen LogP contribution in [0.5, 0.6) is 0 Å². The summed E-state index contributed by atoms with van der Waals surface area (Å²) in [6.07, 6.45) is 2.55. The van der Waals surface area contributed by atoms with Gasteiger partial charge in [0, 0.05) is 37.2 Å². The Balaban J connectivity index is 2.08. The van der Waals surface area contributed by atoms with Crippen LogP contribution in [0.3, 0.4) is 0 Å². The topological polar surface area (TPSA) is 37.4 Å². The zero-order valence-corrected chi connectivity index (χ0v) is 14.8. The van der Waals surface area contributed by atoms with Gasteiger partial charge in [-0.15, -0.1) is 11.3 Å². The van der Waals surface area contributed by atoms with Crippen LogP contribution >= 0.6 is 11.3 Å². The number of piperidine rings is 1. The highest BCUT2D eigenvalue weighted by atomic mass is 32.1. The van der Waals surface area contributed by atoms with Crippen LogP contribution in [0, 0.1) is 5.92 Å². The van der Waals surface area contributed by atoms with Crippen LogP contribution in [0.1, 0.15) is 51.1 Å². The largest absolute Gasteiger partial charge is 0.378 e. The van der Waals surface area contributed by atoms with Crippen molar-refractivity contribution < 1.29 is 4.74 Å². The predicted octanol–water partition coefficient (Wildman–Crippen LogP) is 3.41. The fraction of sp³-hybridized carbons (Fsp3) is 0.812. The van der Waals surface area contributed by atoms with Gasteiger partial charge in [-0.2, -0.15) is 0 Å². The second-order valence-electron chi connectivity index (χ2n) is 7.07. The quantitative estimate of drug-likeness (QED) is 0.904. The first-order valence-corrected chi connectivity index (χ1v) is 8.68. The molecule has 0 spiro atoms. The molecule has 0 unspecified atom stereocenters. The molecule has 1 saturated heterocycles. The van der Waals surface area contributed by atoms with Crippen molar-refractivity contribution in [1.82, 2.24) is 10.3 Å². The number of ether oxygens (including phenoxy) is 1. The van der Waals surface area contributed by atoms with Crippen LogP contribution in [0.15, 0.2) is 0 Å². The highest BCUT2D eigenvalue weighted by Crippen LogP contribution is 2.30. The zero-order chi connectivity index (χ0) is 15.5. The molecular weight excluding hydrogens is 282 g/mol. The number of nitrogens with one attached hydrogen (secondary N) is 1. The summed E-state index contributed by atoms with van der Waals surface area (Å²) in [6.45, 7) is 12.6. The average molecular weight is 311 g/mol. The first-order valence-electron chi connectivity index (χ1n) is 7.86. The summed E-state index contributed by atoms with van der Waals surface area (Å²) in [5.41, 5.74) is 1.21. The van der Waals surface area contributed by atoms with Gasteiger partial charge in [0.1, 0.15) is 0 Å². The van der Waals surface area contributed by atoms with Gasteiger partial charge in [-0.05, 0) is 39.5 Å². The predicted molar refractivity (Wildman–Crippen MR) is 90.0 cm³/mol. The van der Waals surface area contributed by atoms with E-state index < -0.39 is 0 Å². The molecule has 0 amide bonds. The Kier molecular flexibility index (Phi) is 5.63. The molecule has 1 aliphatic heterocycles. The van der Waals surface area contributed by atoms with E-state index in [1.807, 2.05) is 11.3 Å². The number of anilines is 1. The molecule has 0 radical (unpaired) electrons. The molecule has 21 heavy (non-hydrogen) atoms. The van der Waals surface area contributed by atoms with Gasteiger partial charge in [-0.1, -0.05) is 6.92 Å². The minimum Gasteiger partial charge on any atom is -0.378 e. The number of thiazole rings is 1. The molecule has 1 aromatic heterocycles. The average Bonchev–Trinajstić information content (AvgIpc) is 2.80. The van der Waals surface area contributed by atoms with Crippen LogP contribution in [0.2, 0.25) is 0 Å². The Morgan fingerprint density at radius 2 is 2.00 bits per heavy atom. The Labute approximate surface area is 132 Å². The fourth-order valence-corrected chi connectivity index (χ4v) is 3.49. The van der Waals surface area contributed by atoms with Gasteiger partial charge >= 0.3 is 0 Å². The monoisotopic (exact) mass is 311 g/mol. The Morgan fingerprint density at radius 3 is 2.57 bits per heavy atom. The SMILES string of the molecule is COCc1nc(N2CCC(C)CC2)sc1CNC(C)(C)C. The highest BCUT2D eigenvalue weighted by Gasteiger charge is 2.21. The van der Waals surface area contributed by atoms with Crippen LogP contribution in [0.4, 0.5) is 5.13 Å². The molecule has 5 heteroatoms. The van der Waals surface area contributed by atoms with E-state index in [1.54, 1.807) is 7.11 Å². The third-order valence-corrected chi connectivity index (χ3v) is 5.04. The summed E-state index contributed by atoms with van der Waals surface area (Å²) in [7, 11) is 1.74. The molecule has 120 valence electrons. The van der Waals surface area contributed by atoms with Crippen molar-refractivity contribution in [1.29, 1.82) is 0 Å². The molecule has 2 heterocycles. The van der Waals surface area contributed by atoms with Crippen LogP contribution < -0.4 is 10.2 Å². The minimum absolute atomic E-state index is 0.120. The molecule has 1 fully saturated rings. The number of aromatic nitrogens is 1. The van der Waals surface area contributed by atoms with Crippen molar-refractivity contribution >= 4 is 16.5 Å².